The maximum atomic E-state index is 6.81. The summed E-state index contributed by atoms with van der Waals surface area (Å²) in [6, 6.07) is 62.7. The first-order chi connectivity index (χ1) is 28.3. The second-order valence-electron chi connectivity index (χ2n) is 14.3. The van der Waals surface area contributed by atoms with Crippen LogP contribution in [0.4, 0.5) is 0 Å². The second-order valence-corrected chi connectivity index (χ2v) is 14.3. The molecule has 4 aromatic heterocycles. The van der Waals surface area contributed by atoms with Gasteiger partial charge in [0.25, 0.3) is 0 Å². The molecule has 0 aliphatic carbocycles. The molecule has 0 atom stereocenters. The van der Waals surface area contributed by atoms with Crippen LogP contribution in [0.25, 0.3) is 117 Å². The van der Waals surface area contributed by atoms with Crippen molar-refractivity contribution >= 4 is 65.7 Å². The molecular weight excluding hydrogens is 701 g/mol. The lowest BCUT2D eigenvalue weighted by Gasteiger charge is -2.10. The number of para-hydroxylation sites is 5. The molecule has 0 unspecified atom stereocenters. The van der Waals surface area contributed by atoms with E-state index in [1.165, 1.54) is 16.3 Å². The summed E-state index contributed by atoms with van der Waals surface area (Å²) in [5.41, 5.74) is 11.2. The Morgan fingerprint density at radius 2 is 0.912 bits per heavy atom. The molecule has 0 radical (unpaired) electrons. The van der Waals surface area contributed by atoms with Gasteiger partial charge in [-0.25, -0.2) is 15.0 Å². The van der Waals surface area contributed by atoms with Crippen LogP contribution in [-0.4, -0.2) is 19.5 Å². The van der Waals surface area contributed by atoms with Crippen molar-refractivity contribution in [2.45, 2.75) is 0 Å². The largest absolute Gasteiger partial charge is 0.455 e. The van der Waals surface area contributed by atoms with E-state index >= 15 is 0 Å². The summed E-state index contributed by atoms with van der Waals surface area (Å²) in [7, 11) is 0. The fourth-order valence-electron chi connectivity index (χ4n) is 8.51. The maximum absolute atomic E-state index is 6.81. The standard InChI is InChI=1S/C51H30N4O2/c1-3-14-31(15-4-1)49-52-50(40-23-11-21-38-37-19-8-10-26-44(37)56-47(38)40)54-51(53-49)41-24-12-22-39-46-34(20-13-27-45(46)57-48(39)41)32-28-29-36-35-18-7-9-25-42(35)55(43(36)30-32)33-16-5-2-6-17-33/h1-30H. The summed E-state index contributed by atoms with van der Waals surface area (Å²) < 4.78 is 15.6. The quantitative estimate of drug-likeness (QED) is 0.176. The first-order valence-electron chi connectivity index (χ1n) is 19.0. The van der Waals surface area contributed by atoms with Crippen LogP contribution in [0.1, 0.15) is 0 Å². The molecular formula is C51H30N4O2. The first-order valence-corrected chi connectivity index (χ1v) is 19.0. The monoisotopic (exact) mass is 730 g/mol. The van der Waals surface area contributed by atoms with Crippen molar-refractivity contribution in [3.8, 4) is 51.0 Å². The average Bonchev–Trinajstić information content (AvgIpc) is 3.96. The predicted octanol–water partition coefficient (Wildman–Crippen LogP) is 13.4. The summed E-state index contributed by atoms with van der Waals surface area (Å²) in [4.78, 5) is 15.3. The Morgan fingerprint density at radius 3 is 1.72 bits per heavy atom. The third kappa shape index (κ3) is 4.87. The topological polar surface area (TPSA) is 69.9 Å². The van der Waals surface area contributed by atoms with Crippen LogP contribution < -0.4 is 0 Å². The van der Waals surface area contributed by atoms with Gasteiger partial charge in [-0.3, -0.25) is 0 Å². The molecule has 6 nitrogen and oxygen atoms in total. The van der Waals surface area contributed by atoms with Gasteiger partial charge in [-0.05, 0) is 59.7 Å². The molecule has 0 saturated heterocycles. The van der Waals surface area contributed by atoms with Crippen LogP contribution in [0.5, 0.6) is 0 Å². The van der Waals surface area contributed by atoms with Crippen molar-refractivity contribution in [2.24, 2.45) is 0 Å². The molecule has 57 heavy (non-hydrogen) atoms. The Kier molecular flexibility index (Phi) is 6.83. The van der Waals surface area contributed by atoms with Crippen LogP contribution in [0, 0.1) is 0 Å². The molecule has 0 N–H and O–H groups in total. The molecule has 266 valence electrons. The molecule has 12 aromatic rings. The van der Waals surface area contributed by atoms with Gasteiger partial charge in [0.2, 0.25) is 0 Å². The number of furan rings is 2. The van der Waals surface area contributed by atoms with Crippen LogP contribution in [0.2, 0.25) is 0 Å². The number of hydrogen-bond donors (Lipinski definition) is 0. The molecule has 12 rings (SSSR count). The van der Waals surface area contributed by atoms with Crippen molar-refractivity contribution in [3.63, 3.8) is 0 Å². The highest BCUT2D eigenvalue weighted by atomic mass is 16.3. The van der Waals surface area contributed by atoms with Crippen molar-refractivity contribution in [2.75, 3.05) is 0 Å². The summed E-state index contributed by atoms with van der Waals surface area (Å²) in [6.07, 6.45) is 0. The Morgan fingerprint density at radius 1 is 0.351 bits per heavy atom. The van der Waals surface area contributed by atoms with Gasteiger partial charge in [-0.1, -0.05) is 133 Å². The number of rotatable bonds is 5. The van der Waals surface area contributed by atoms with E-state index in [9.17, 15) is 0 Å². The lowest BCUT2D eigenvalue weighted by atomic mass is 9.97. The summed E-state index contributed by atoms with van der Waals surface area (Å²) in [6.45, 7) is 0. The SMILES string of the molecule is c1ccc(-c2nc(-c3cccc4c3oc3ccccc34)nc(-c3cccc4c3oc3cccc(-c5ccc6c7ccccc7n(-c7ccccc7)c6c5)c34)n2)cc1. The van der Waals surface area contributed by atoms with E-state index in [1.54, 1.807) is 0 Å². The minimum absolute atomic E-state index is 0.520. The van der Waals surface area contributed by atoms with E-state index in [4.69, 9.17) is 23.8 Å². The van der Waals surface area contributed by atoms with E-state index in [-0.39, 0.29) is 0 Å². The molecule has 0 spiro atoms. The predicted molar refractivity (Wildman–Crippen MR) is 230 cm³/mol. The van der Waals surface area contributed by atoms with Gasteiger partial charge >= 0.3 is 0 Å². The van der Waals surface area contributed by atoms with Crippen LogP contribution in [-0.2, 0) is 0 Å². The molecule has 0 aliphatic heterocycles. The van der Waals surface area contributed by atoms with Crippen LogP contribution in [0.15, 0.2) is 191 Å². The Hall–Kier alpha value is -7.83. The Balaban J connectivity index is 1.07. The number of nitrogens with zero attached hydrogens (tertiary/aromatic N) is 4. The highest BCUT2D eigenvalue weighted by molar-refractivity contribution is 6.17. The first kappa shape index (κ1) is 31.5. The van der Waals surface area contributed by atoms with E-state index < -0.39 is 0 Å². The summed E-state index contributed by atoms with van der Waals surface area (Å²) >= 11 is 0. The Bertz CT molecular complexity index is 3530. The minimum Gasteiger partial charge on any atom is -0.455 e. The van der Waals surface area contributed by atoms with Gasteiger partial charge in [0.1, 0.15) is 22.3 Å². The molecule has 6 heteroatoms. The summed E-state index contributed by atoms with van der Waals surface area (Å²) in [5.74, 6) is 1.62. The second kappa shape index (κ2) is 12.3. The highest BCUT2D eigenvalue weighted by Crippen LogP contribution is 2.43. The zero-order chi connectivity index (χ0) is 37.5. The number of hydrogen-bond acceptors (Lipinski definition) is 5. The van der Waals surface area contributed by atoms with Crippen LogP contribution in [0.3, 0.4) is 0 Å². The average molecular weight is 731 g/mol. The Labute approximate surface area is 325 Å². The molecule has 8 aromatic carbocycles. The van der Waals surface area contributed by atoms with Gasteiger partial charge in [0.15, 0.2) is 17.5 Å². The van der Waals surface area contributed by atoms with E-state index in [0.29, 0.717) is 17.5 Å². The lowest BCUT2D eigenvalue weighted by Crippen LogP contribution is -2.00. The third-order valence-electron chi connectivity index (χ3n) is 11.1. The summed E-state index contributed by atoms with van der Waals surface area (Å²) in [5, 5.41) is 6.53. The molecule has 0 bridgehead atoms. The van der Waals surface area contributed by atoms with Crippen molar-refractivity contribution in [3.05, 3.63) is 182 Å². The smallest absolute Gasteiger partial charge is 0.167 e. The maximum Gasteiger partial charge on any atom is 0.167 e. The van der Waals surface area contributed by atoms with Gasteiger partial charge < -0.3 is 13.4 Å². The molecule has 0 fully saturated rings. The fourth-order valence-corrected chi connectivity index (χ4v) is 8.51. The van der Waals surface area contributed by atoms with Crippen molar-refractivity contribution in [1.82, 2.24) is 19.5 Å². The highest BCUT2D eigenvalue weighted by Gasteiger charge is 2.22. The van der Waals surface area contributed by atoms with Gasteiger partial charge in [0, 0.05) is 43.6 Å². The minimum atomic E-state index is 0.520. The van der Waals surface area contributed by atoms with Gasteiger partial charge in [-0.15, -0.1) is 0 Å². The third-order valence-corrected chi connectivity index (χ3v) is 11.1. The van der Waals surface area contributed by atoms with E-state index in [0.717, 1.165) is 82.9 Å². The number of fused-ring (bicyclic) bond motifs is 9. The van der Waals surface area contributed by atoms with Crippen molar-refractivity contribution < 1.29 is 8.83 Å². The number of benzene rings is 8. The van der Waals surface area contributed by atoms with Crippen LogP contribution >= 0.6 is 0 Å². The zero-order valence-corrected chi connectivity index (χ0v) is 30.4. The molecule has 0 aliphatic rings. The normalized spacial score (nSPS) is 11.9. The number of aromatic nitrogens is 4. The van der Waals surface area contributed by atoms with Gasteiger partial charge in [-0.2, -0.15) is 0 Å². The molecule has 0 saturated carbocycles. The lowest BCUT2D eigenvalue weighted by molar-refractivity contribution is 0.669. The molecule has 0 amide bonds. The molecule has 4 heterocycles. The van der Waals surface area contributed by atoms with Crippen molar-refractivity contribution in [1.29, 1.82) is 0 Å². The van der Waals surface area contributed by atoms with Gasteiger partial charge in [0.05, 0.1) is 22.2 Å². The fraction of sp³-hybridized carbons (Fsp3) is 0. The van der Waals surface area contributed by atoms with E-state index in [2.05, 4.69) is 114 Å². The van der Waals surface area contributed by atoms with E-state index in [1.807, 2.05) is 72.8 Å². The zero-order valence-electron chi connectivity index (χ0n) is 30.4.